The van der Waals surface area contributed by atoms with Crippen LogP contribution in [-0.4, -0.2) is 16.5 Å². The van der Waals surface area contributed by atoms with Crippen LogP contribution >= 0.6 is 11.3 Å². The minimum Gasteiger partial charge on any atom is -0.369 e. The summed E-state index contributed by atoms with van der Waals surface area (Å²) in [6, 6.07) is 2.06. The van der Waals surface area contributed by atoms with E-state index in [1.54, 1.807) is 11.3 Å². The Morgan fingerprint density at radius 1 is 1.44 bits per heavy atom. The molecule has 2 aromatic rings. The maximum atomic E-state index is 5.74. The summed E-state index contributed by atoms with van der Waals surface area (Å²) in [5.74, 6) is 1.24. The van der Waals surface area contributed by atoms with Crippen molar-refractivity contribution in [1.29, 1.82) is 0 Å². The Labute approximate surface area is 111 Å². The number of nitrogens with one attached hydrogen (secondary N) is 1. The number of rotatable bonds is 5. The zero-order valence-electron chi connectivity index (χ0n) is 10.6. The van der Waals surface area contributed by atoms with Gasteiger partial charge in [-0.15, -0.1) is 11.3 Å². The van der Waals surface area contributed by atoms with Crippen LogP contribution in [0.5, 0.6) is 0 Å². The van der Waals surface area contributed by atoms with Crippen LogP contribution in [0.3, 0.4) is 0 Å². The van der Waals surface area contributed by atoms with Gasteiger partial charge in [-0.1, -0.05) is 13.3 Å². The van der Waals surface area contributed by atoms with Crippen molar-refractivity contribution in [3.8, 4) is 0 Å². The highest BCUT2D eigenvalue weighted by Crippen LogP contribution is 2.49. The van der Waals surface area contributed by atoms with E-state index in [0.29, 0.717) is 11.4 Å². The minimum absolute atomic E-state index is 0.354. The molecule has 0 bridgehead atoms. The Hall–Kier alpha value is -1.36. The number of nitrogen functional groups attached to an aromatic ring is 1. The van der Waals surface area contributed by atoms with Gasteiger partial charge in [0.05, 0.1) is 5.39 Å². The lowest BCUT2D eigenvalue weighted by Crippen LogP contribution is -2.16. The van der Waals surface area contributed by atoms with Crippen LogP contribution < -0.4 is 11.1 Å². The summed E-state index contributed by atoms with van der Waals surface area (Å²) < 4.78 is 0. The minimum atomic E-state index is 0.354. The van der Waals surface area contributed by atoms with Crippen molar-refractivity contribution in [2.75, 3.05) is 17.6 Å². The van der Waals surface area contributed by atoms with Crippen LogP contribution in [0, 0.1) is 5.41 Å². The molecule has 2 aromatic heterocycles. The third kappa shape index (κ3) is 2.14. The molecule has 0 saturated heterocycles. The summed E-state index contributed by atoms with van der Waals surface area (Å²) in [6.07, 6.45) is 5.22. The van der Waals surface area contributed by atoms with Crippen LogP contribution in [0.25, 0.3) is 10.2 Å². The van der Waals surface area contributed by atoms with Gasteiger partial charge >= 0.3 is 0 Å². The molecular formula is C13H18N4S. The number of nitrogens with two attached hydrogens (primary N) is 1. The van der Waals surface area contributed by atoms with Crippen LogP contribution in [0.1, 0.15) is 32.6 Å². The summed E-state index contributed by atoms with van der Waals surface area (Å²) in [4.78, 5) is 9.53. The normalized spacial score (nSPS) is 16.9. The molecule has 0 atom stereocenters. The highest BCUT2D eigenvalue weighted by molar-refractivity contribution is 7.16. The summed E-state index contributed by atoms with van der Waals surface area (Å²) in [5.41, 5.74) is 6.25. The molecule has 3 rings (SSSR count). The van der Waals surface area contributed by atoms with Crippen LogP contribution in [0.2, 0.25) is 0 Å². The van der Waals surface area contributed by atoms with E-state index < -0.39 is 0 Å². The standard InChI is InChI=1S/C13H18N4S/c1-2-4-13(5-6-13)8-15-10-9-3-7-18-11(9)17-12(14)16-10/h3,7H,2,4-6,8H2,1H3,(H3,14,15,16,17). The summed E-state index contributed by atoms with van der Waals surface area (Å²) in [7, 11) is 0. The van der Waals surface area contributed by atoms with Crippen molar-refractivity contribution in [3.05, 3.63) is 11.4 Å². The predicted molar refractivity (Wildman–Crippen MR) is 76.9 cm³/mol. The number of hydrogen-bond acceptors (Lipinski definition) is 5. The second-order valence-electron chi connectivity index (χ2n) is 5.17. The molecule has 0 aromatic carbocycles. The molecule has 1 aliphatic carbocycles. The molecule has 4 nitrogen and oxygen atoms in total. The quantitative estimate of drug-likeness (QED) is 0.868. The second-order valence-corrected chi connectivity index (χ2v) is 6.07. The number of anilines is 2. The van der Waals surface area contributed by atoms with E-state index in [1.807, 2.05) is 5.38 Å². The van der Waals surface area contributed by atoms with Gasteiger partial charge in [0.1, 0.15) is 10.6 Å². The molecule has 3 N–H and O–H groups in total. The van der Waals surface area contributed by atoms with E-state index in [9.17, 15) is 0 Å². The highest BCUT2D eigenvalue weighted by Gasteiger charge is 2.41. The maximum absolute atomic E-state index is 5.74. The zero-order valence-corrected chi connectivity index (χ0v) is 11.4. The van der Waals surface area contributed by atoms with E-state index in [4.69, 9.17) is 5.73 Å². The fraction of sp³-hybridized carbons (Fsp3) is 0.538. The highest BCUT2D eigenvalue weighted by atomic mass is 32.1. The van der Waals surface area contributed by atoms with E-state index in [1.165, 1.54) is 25.7 Å². The first-order chi connectivity index (χ1) is 8.72. The molecule has 0 radical (unpaired) electrons. The van der Waals surface area contributed by atoms with E-state index in [2.05, 4.69) is 28.3 Å². The summed E-state index contributed by atoms with van der Waals surface area (Å²) in [5, 5.41) is 6.59. The van der Waals surface area contributed by atoms with Gasteiger partial charge in [0.25, 0.3) is 0 Å². The SMILES string of the molecule is CCCC1(CNc2nc(N)nc3sccc23)CC1. The lowest BCUT2D eigenvalue weighted by Gasteiger charge is -2.15. The molecule has 0 amide bonds. The average Bonchev–Trinajstić information content (AvgIpc) is 2.94. The molecule has 1 saturated carbocycles. The van der Waals surface area contributed by atoms with Crippen molar-refractivity contribution in [1.82, 2.24) is 9.97 Å². The van der Waals surface area contributed by atoms with Gasteiger partial charge in [0.15, 0.2) is 0 Å². The lowest BCUT2D eigenvalue weighted by atomic mass is 10.0. The van der Waals surface area contributed by atoms with Crippen molar-refractivity contribution >= 4 is 33.3 Å². The van der Waals surface area contributed by atoms with E-state index in [0.717, 1.165) is 22.6 Å². The van der Waals surface area contributed by atoms with E-state index in [-0.39, 0.29) is 0 Å². The number of thiophene rings is 1. The van der Waals surface area contributed by atoms with Crippen LogP contribution in [-0.2, 0) is 0 Å². The molecular weight excluding hydrogens is 244 g/mol. The van der Waals surface area contributed by atoms with Crippen molar-refractivity contribution in [2.45, 2.75) is 32.6 Å². The lowest BCUT2D eigenvalue weighted by molar-refractivity contribution is 0.485. The largest absolute Gasteiger partial charge is 0.369 e. The summed E-state index contributed by atoms with van der Waals surface area (Å²) >= 11 is 1.60. The Morgan fingerprint density at radius 3 is 3.00 bits per heavy atom. The zero-order chi connectivity index (χ0) is 12.6. The van der Waals surface area contributed by atoms with Gasteiger partial charge in [0.2, 0.25) is 5.95 Å². The monoisotopic (exact) mass is 262 g/mol. The van der Waals surface area contributed by atoms with Crippen molar-refractivity contribution < 1.29 is 0 Å². The average molecular weight is 262 g/mol. The number of hydrogen-bond donors (Lipinski definition) is 2. The van der Waals surface area contributed by atoms with Crippen molar-refractivity contribution in [3.63, 3.8) is 0 Å². The number of nitrogens with zero attached hydrogens (tertiary/aromatic N) is 2. The molecule has 1 fully saturated rings. The van der Waals surface area contributed by atoms with Gasteiger partial charge in [-0.2, -0.15) is 4.98 Å². The Kier molecular flexibility index (Phi) is 2.86. The van der Waals surface area contributed by atoms with Crippen molar-refractivity contribution in [2.24, 2.45) is 5.41 Å². The number of fused-ring (bicyclic) bond motifs is 1. The Morgan fingerprint density at radius 2 is 2.28 bits per heavy atom. The molecule has 0 spiro atoms. The topological polar surface area (TPSA) is 63.8 Å². The molecule has 96 valence electrons. The molecule has 18 heavy (non-hydrogen) atoms. The van der Waals surface area contributed by atoms with Gasteiger partial charge in [-0.25, -0.2) is 4.98 Å². The van der Waals surface area contributed by atoms with Gasteiger partial charge in [-0.05, 0) is 36.1 Å². The third-order valence-corrected chi connectivity index (χ3v) is 4.52. The molecule has 0 unspecified atom stereocenters. The molecule has 0 aliphatic heterocycles. The molecule has 2 heterocycles. The first kappa shape index (κ1) is 11.7. The maximum Gasteiger partial charge on any atom is 0.223 e. The van der Waals surface area contributed by atoms with Crippen LogP contribution in [0.4, 0.5) is 11.8 Å². The van der Waals surface area contributed by atoms with Crippen LogP contribution in [0.15, 0.2) is 11.4 Å². The van der Waals surface area contributed by atoms with Gasteiger partial charge in [0, 0.05) is 6.54 Å². The molecule has 5 heteroatoms. The predicted octanol–water partition coefficient (Wildman–Crippen LogP) is 3.27. The fourth-order valence-electron chi connectivity index (χ4n) is 2.50. The molecule has 1 aliphatic rings. The van der Waals surface area contributed by atoms with E-state index >= 15 is 0 Å². The third-order valence-electron chi connectivity index (χ3n) is 3.71. The number of aromatic nitrogens is 2. The second kappa shape index (κ2) is 4.39. The Bertz CT molecular complexity index is 559. The first-order valence-electron chi connectivity index (χ1n) is 6.47. The summed E-state index contributed by atoms with van der Waals surface area (Å²) in [6.45, 7) is 3.25. The van der Waals surface area contributed by atoms with Gasteiger partial charge < -0.3 is 11.1 Å². The smallest absolute Gasteiger partial charge is 0.223 e. The van der Waals surface area contributed by atoms with Gasteiger partial charge in [-0.3, -0.25) is 0 Å². The fourth-order valence-corrected chi connectivity index (χ4v) is 3.27. The Balaban J connectivity index is 1.80. The first-order valence-corrected chi connectivity index (χ1v) is 7.35.